The molecule has 3 aliphatic rings. The standard InChI is InChI=1S/C24H32F3N5O3/c1-16-11-22(2,3)15-23(12-16)20(34)32(21(35)29-23)14-19(33)31-8-4-7-30(9-10-31)18-6-5-17(13-28-18)24(25,26)27/h5-6,13,16H,4,7-12,14-15H2,1-3H3,(H,29,35). The normalized spacial score (nSPS) is 27.3. The van der Waals surface area contributed by atoms with Gasteiger partial charge in [0.15, 0.2) is 0 Å². The van der Waals surface area contributed by atoms with Gasteiger partial charge in [0.1, 0.15) is 17.9 Å². The van der Waals surface area contributed by atoms with Gasteiger partial charge in [0.25, 0.3) is 5.91 Å². The van der Waals surface area contributed by atoms with Gasteiger partial charge in [-0.05, 0) is 49.1 Å². The summed E-state index contributed by atoms with van der Waals surface area (Å²) in [5.74, 6) is 0.0307. The largest absolute Gasteiger partial charge is 0.417 e. The summed E-state index contributed by atoms with van der Waals surface area (Å²) in [5, 5.41) is 2.89. The van der Waals surface area contributed by atoms with Crippen molar-refractivity contribution in [3.63, 3.8) is 0 Å². The van der Waals surface area contributed by atoms with E-state index in [2.05, 4.69) is 31.1 Å². The van der Waals surface area contributed by atoms with Crippen molar-refractivity contribution in [1.82, 2.24) is 20.1 Å². The Hall–Kier alpha value is -2.85. The molecule has 2 aliphatic heterocycles. The van der Waals surface area contributed by atoms with Gasteiger partial charge >= 0.3 is 12.2 Å². The minimum Gasteiger partial charge on any atom is -0.355 e. The van der Waals surface area contributed by atoms with E-state index in [-0.39, 0.29) is 29.7 Å². The van der Waals surface area contributed by atoms with Crippen molar-refractivity contribution in [3.05, 3.63) is 23.9 Å². The molecule has 1 aromatic heterocycles. The Bertz CT molecular complexity index is 997. The third-order valence-corrected chi connectivity index (χ3v) is 7.17. The van der Waals surface area contributed by atoms with Gasteiger partial charge in [-0.15, -0.1) is 0 Å². The quantitative estimate of drug-likeness (QED) is 0.651. The van der Waals surface area contributed by atoms with Crippen molar-refractivity contribution in [2.24, 2.45) is 11.3 Å². The van der Waals surface area contributed by atoms with Gasteiger partial charge in [0.05, 0.1) is 5.56 Å². The van der Waals surface area contributed by atoms with E-state index in [0.29, 0.717) is 51.3 Å². The minimum absolute atomic E-state index is 0.0960. The molecule has 0 radical (unpaired) electrons. The molecule has 8 nitrogen and oxygen atoms in total. The van der Waals surface area contributed by atoms with Crippen LogP contribution in [0.3, 0.4) is 0 Å². The molecule has 3 heterocycles. The van der Waals surface area contributed by atoms with Gasteiger partial charge in [0, 0.05) is 32.4 Å². The molecular weight excluding hydrogens is 463 g/mol. The number of imide groups is 1. The third-order valence-electron chi connectivity index (χ3n) is 7.17. The molecule has 1 saturated carbocycles. The molecule has 1 aliphatic carbocycles. The van der Waals surface area contributed by atoms with Crippen molar-refractivity contribution in [1.29, 1.82) is 0 Å². The Morgan fingerprint density at radius 3 is 2.51 bits per heavy atom. The van der Waals surface area contributed by atoms with Crippen LogP contribution >= 0.6 is 0 Å². The van der Waals surface area contributed by atoms with Gasteiger partial charge in [-0.3, -0.25) is 14.5 Å². The van der Waals surface area contributed by atoms with Gasteiger partial charge in [-0.25, -0.2) is 9.78 Å². The molecule has 11 heteroatoms. The van der Waals surface area contributed by atoms with E-state index in [1.165, 1.54) is 6.07 Å². The fourth-order valence-corrected chi connectivity index (χ4v) is 6.02. The summed E-state index contributed by atoms with van der Waals surface area (Å²) in [6.45, 7) is 7.60. The Labute approximate surface area is 202 Å². The highest BCUT2D eigenvalue weighted by atomic mass is 19.4. The number of alkyl halides is 3. The number of aromatic nitrogens is 1. The fraction of sp³-hybridized carbons (Fsp3) is 0.667. The lowest BCUT2D eigenvalue weighted by molar-refractivity contribution is -0.140. The van der Waals surface area contributed by atoms with Crippen LogP contribution in [-0.2, 0) is 15.8 Å². The number of rotatable bonds is 3. The first-order valence-electron chi connectivity index (χ1n) is 12.0. The topological polar surface area (TPSA) is 85.8 Å². The zero-order chi connectivity index (χ0) is 25.6. The van der Waals surface area contributed by atoms with E-state index in [1.54, 1.807) is 4.90 Å². The van der Waals surface area contributed by atoms with Gasteiger partial charge in [-0.1, -0.05) is 20.8 Å². The molecule has 4 amide bonds. The van der Waals surface area contributed by atoms with Crippen LogP contribution in [0.5, 0.6) is 0 Å². The summed E-state index contributed by atoms with van der Waals surface area (Å²) in [6, 6.07) is 1.80. The molecule has 192 valence electrons. The van der Waals surface area contributed by atoms with Crippen LogP contribution in [0.25, 0.3) is 0 Å². The predicted molar refractivity (Wildman–Crippen MR) is 122 cm³/mol. The number of nitrogens with one attached hydrogen (secondary N) is 1. The SMILES string of the molecule is CC1CC(C)(C)CC2(C1)NC(=O)N(CC(=O)N1CCCN(c3ccc(C(F)(F)F)cn3)CC1)C2=O. The molecule has 2 atom stereocenters. The first-order valence-corrected chi connectivity index (χ1v) is 12.0. The van der Waals surface area contributed by atoms with E-state index in [4.69, 9.17) is 0 Å². The van der Waals surface area contributed by atoms with Crippen LogP contribution in [0.15, 0.2) is 18.3 Å². The maximum atomic E-state index is 13.3. The van der Waals surface area contributed by atoms with Crippen LogP contribution in [-0.4, -0.2) is 70.9 Å². The molecule has 1 N–H and O–H groups in total. The molecule has 0 aromatic carbocycles. The van der Waals surface area contributed by atoms with E-state index < -0.39 is 23.3 Å². The number of carbonyl (C=O) groups is 3. The third kappa shape index (κ3) is 5.23. The van der Waals surface area contributed by atoms with Crippen molar-refractivity contribution in [3.8, 4) is 0 Å². The van der Waals surface area contributed by atoms with Crippen molar-refractivity contribution >= 4 is 23.7 Å². The second-order valence-electron chi connectivity index (χ2n) is 10.9. The minimum atomic E-state index is -4.45. The molecule has 4 rings (SSSR count). The summed E-state index contributed by atoms with van der Waals surface area (Å²) in [5.41, 5.74) is -1.86. The number of halogens is 3. The number of urea groups is 1. The predicted octanol–water partition coefficient (Wildman–Crippen LogP) is 3.28. The van der Waals surface area contributed by atoms with Crippen molar-refractivity contribution < 1.29 is 27.6 Å². The lowest BCUT2D eigenvalue weighted by Crippen LogP contribution is -2.54. The first-order chi connectivity index (χ1) is 16.3. The second kappa shape index (κ2) is 8.98. The van der Waals surface area contributed by atoms with Crippen LogP contribution < -0.4 is 10.2 Å². The number of pyridine rings is 1. The van der Waals surface area contributed by atoms with Gasteiger partial charge in [0.2, 0.25) is 5.91 Å². The van der Waals surface area contributed by atoms with Crippen LogP contribution in [0.4, 0.5) is 23.8 Å². The van der Waals surface area contributed by atoms with E-state index >= 15 is 0 Å². The number of carbonyl (C=O) groups excluding carboxylic acids is 3. The Morgan fingerprint density at radius 1 is 1.14 bits per heavy atom. The molecule has 1 spiro atoms. The number of anilines is 1. The fourth-order valence-electron chi connectivity index (χ4n) is 6.02. The maximum Gasteiger partial charge on any atom is 0.417 e. The number of nitrogens with zero attached hydrogens (tertiary/aromatic N) is 4. The van der Waals surface area contributed by atoms with E-state index in [9.17, 15) is 27.6 Å². The zero-order valence-corrected chi connectivity index (χ0v) is 20.3. The lowest BCUT2D eigenvalue weighted by Gasteiger charge is -2.43. The smallest absolute Gasteiger partial charge is 0.355 e. The second-order valence-corrected chi connectivity index (χ2v) is 10.9. The molecule has 3 fully saturated rings. The summed E-state index contributed by atoms with van der Waals surface area (Å²) in [4.78, 5) is 47.5. The monoisotopic (exact) mass is 495 g/mol. The van der Waals surface area contributed by atoms with E-state index in [0.717, 1.165) is 23.6 Å². The number of hydrogen-bond donors (Lipinski definition) is 1. The summed E-state index contributed by atoms with van der Waals surface area (Å²) >= 11 is 0. The van der Waals surface area contributed by atoms with Crippen LogP contribution in [0.1, 0.15) is 52.0 Å². The highest BCUT2D eigenvalue weighted by Gasteiger charge is 2.56. The van der Waals surface area contributed by atoms with Gasteiger partial charge < -0.3 is 15.1 Å². The maximum absolute atomic E-state index is 13.3. The summed E-state index contributed by atoms with van der Waals surface area (Å²) < 4.78 is 38.4. The highest BCUT2D eigenvalue weighted by Crippen LogP contribution is 2.46. The molecule has 0 bridgehead atoms. The number of hydrogen-bond acceptors (Lipinski definition) is 5. The number of amides is 4. The Balaban J connectivity index is 1.38. The summed E-state index contributed by atoms with van der Waals surface area (Å²) in [7, 11) is 0. The molecule has 1 aromatic rings. The average molecular weight is 496 g/mol. The lowest BCUT2D eigenvalue weighted by atomic mass is 9.64. The van der Waals surface area contributed by atoms with Gasteiger partial charge in [-0.2, -0.15) is 13.2 Å². The zero-order valence-electron chi connectivity index (χ0n) is 20.3. The van der Waals surface area contributed by atoms with E-state index in [1.807, 2.05) is 4.90 Å². The molecular formula is C24H32F3N5O3. The molecule has 35 heavy (non-hydrogen) atoms. The average Bonchev–Trinajstić information content (AvgIpc) is 2.92. The summed E-state index contributed by atoms with van der Waals surface area (Å²) in [6.07, 6.45) is -0.983. The van der Waals surface area contributed by atoms with Crippen LogP contribution in [0.2, 0.25) is 0 Å². The van der Waals surface area contributed by atoms with Crippen LogP contribution in [0, 0.1) is 11.3 Å². The first kappa shape index (κ1) is 25.2. The Morgan fingerprint density at radius 2 is 1.89 bits per heavy atom. The van der Waals surface area contributed by atoms with Crippen molar-refractivity contribution in [2.45, 2.75) is 58.2 Å². The highest BCUT2D eigenvalue weighted by molar-refractivity contribution is 6.09. The van der Waals surface area contributed by atoms with Crippen molar-refractivity contribution in [2.75, 3.05) is 37.6 Å². The Kier molecular flexibility index (Phi) is 6.48. The molecule has 2 unspecified atom stereocenters. The molecule has 2 saturated heterocycles.